The first kappa shape index (κ1) is 22.0. The van der Waals surface area contributed by atoms with E-state index in [9.17, 15) is 4.79 Å². The van der Waals surface area contributed by atoms with Crippen molar-refractivity contribution in [2.24, 2.45) is 0 Å². The molecule has 0 unspecified atom stereocenters. The second-order valence-electron chi connectivity index (χ2n) is 10.6. The van der Waals surface area contributed by atoms with E-state index in [0.717, 1.165) is 16.6 Å². The quantitative estimate of drug-likeness (QED) is 0.570. The van der Waals surface area contributed by atoms with E-state index in [4.69, 9.17) is 14.0 Å². The molecule has 0 saturated carbocycles. The Kier molecular flexibility index (Phi) is 5.39. The Bertz CT molecular complexity index is 685. The number of rotatable bonds is 2. The van der Waals surface area contributed by atoms with Gasteiger partial charge in [-0.2, -0.15) is 0 Å². The lowest BCUT2D eigenvalue weighted by Crippen LogP contribution is -2.41. The topological polar surface area (TPSA) is 44.8 Å². The molecule has 27 heavy (non-hydrogen) atoms. The van der Waals surface area contributed by atoms with Crippen molar-refractivity contribution in [3.63, 3.8) is 0 Å². The van der Waals surface area contributed by atoms with Gasteiger partial charge in [0.15, 0.2) is 0 Å². The highest BCUT2D eigenvalue weighted by atomic mass is 16.7. The smallest absolute Gasteiger partial charge is 0.465 e. The van der Waals surface area contributed by atoms with E-state index in [0.29, 0.717) is 5.56 Å². The number of esters is 1. The predicted octanol–water partition coefficient (Wildman–Crippen LogP) is 4.37. The van der Waals surface area contributed by atoms with Crippen LogP contribution in [0, 0.1) is 0 Å². The van der Waals surface area contributed by atoms with Crippen molar-refractivity contribution < 1.29 is 18.8 Å². The Morgan fingerprint density at radius 2 is 1.26 bits per heavy atom. The summed E-state index contributed by atoms with van der Waals surface area (Å²) in [6, 6.07) is 4.09. The van der Waals surface area contributed by atoms with Crippen LogP contribution in [0.2, 0.25) is 0 Å². The van der Waals surface area contributed by atoms with Crippen LogP contribution in [0.15, 0.2) is 12.1 Å². The minimum Gasteiger partial charge on any atom is -0.465 e. The van der Waals surface area contributed by atoms with Crippen LogP contribution < -0.4 is 5.46 Å². The molecule has 1 heterocycles. The first-order chi connectivity index (χ1) is 12.0. The van der Waals surface area contributed by atoms with Gasteiger partial charge in [-0.1, -0.05) is 53.7 Å². The molecule has 0 N–H and O–H groups in total. The Morgan fingerprint density at radius 3 is 1.56 bits per heavy atom. The molecule has 0 spiro atoms. The highest BCUT2D eigenvalue weighted by molar-refractivity contribution is 6.62. The molecule has 1 aromatic rings. The molecule has 2 rings (SSSR count). The molecule has 1 saturated heterocycles. The van der Waals surface area contributed by atoms with Crippen molar-refractivity contribution in [2.75, 3.05) is 7.11 Å². The summed E-state index contributed by atoms with van der Waals surface area (Å²) in [5.74, 6) is -0.301. The highest BCUT2D eigenvalue weighted by Crippen LogP contribution is 2.38. The van der Waals surface area contributed by atoms with Gasteiger partial charge in [-0.25, -0.2) is 4.79 Å². The Labute approximate surface area is 165 Å². The highest BCUT2D eigenvalue weighted by Gasteiger charge is 2.52. The minimum absolute atomic E-state index is 0.233. The van der Waals surface area contributed by atoms with Gasteiger partial charge in [0.1, 0.15) is 0 Å². The number of carbonyl (C=O) groups excluding carboxylic acids is 1. The van der Waals surface area contributed by atoms with Crippen molar-refractivity contribution in [3.05, 3.63) is 28.8 Å². The normalized spacial score (nSPS) is 19.3. The largest absolute Gasteiger partial charge is 0.494 e. The van der Waals surface area contributed by atoms with Gasteiger partial charge < -0.3 is 14.0 Å². The number of hydrogen-bond acceptors (Lipinski definition) is 4. The molecule has 0 atom stereocenters. The second kappa shape index (κ2) is 6.63. The molecule has 1 aromatic carbocycles. The lowest BCUT2D eigenvalue weighted by molar-refractivity contribution is 0.00578. The van der Waals surface area contributed by atoms with Gasteiger partial charge >= 0.3 is 13.1 Å². The SMILES string of the molecule is COC(=O)c1c(C(C)(C)C)cc(B2OC(C)(C)C(C)(C)O2)cc1C(C)(C)C. The Morgan fingerprint density at radius 1 is 0.889 bits per heavy atom. The zero-order chi connectivity index (χ0) is 21.0. The molecule has 5 heteroatoms. The molecule has 0 aromatic heterocycles. The van der Waals surface area contributed by atoms with E-state index >= 15 is 0 Å². The number of benzene rings is 1. The van der Waals surface area contributed by atoms with Crippen LogP contribution in [-0.2, 0) is 24.9 Å². The van der Waals surface area contributed by atoms with Crippen LogP contribution >= 0.6 is 0 Å². The van der Waals surface area contributed by atoms with Crippen molar-refractivity contribution in [1.82, 2.24) is 0 Å². The first-order valence-corrected chi connectivity index (χ1v) is 9.64. The summed E-state index contributed by atoms with van der Waals surface area (Å²) in [6.45, 7) is 20.8. The van der Waals surface area contributed by atoms with Gasteiger partial charge in [0, 0.05) is 0 Å². The summed E-state index contributed by atoms with van der Waals surface area (Å²) < 4.78 is 17.7. The summed E-state index contributed by atoms with van der Waals surface area (Å²) in [6.07, 6.45) is 0. The van der Waals surface area contributed by atoms with Gasteiger partial charge in [-0.15, -0.1) is 0 Å². The number of methoxy groups -OCH3 is 1. The molecular weight excluding hydrogens is 339 g/mol. The fourth-order valence-corrected chi connectivity index (χ4v) is 3.28. The molecule has 1 aliphatic heterocycles. The maximum Gasteiger partial charge on any atom is 0.494 e. The third kappa shape index (κ3) is 4.09. The summed E-state index contributed by atoms with van der Waals surface area (Å²) in [5.41, 5.74) is 2.20. The first-order valence-electron chi connectivity index (χ1n) is 9.64. The minimum atomic E-state index is -0.469. The predicted molar refractivity (Wildman–Crippen MR) is 111 cm³/mol. The Hall–Kier alpha value is -1.33. The zero-order valence-electron chi connectivity index (χ0n) is 18.9. The molecule has 150 valence electrons. The van der Waals surface area contributed by atoms with Crippen LogP contribution in [0.4, 0.5) is 0 Å². The average molecular weight is 374 g/mol. The number of carbonyl (C=O) groups is 1. The Balaban J connectivity index is 2.74. The lowest BCUT2D eigenvalue weighted by Gasteiger charge is -2.32. The van der Waals surface area contributed by atoms with Gasteiger partial charge in [0.2, 0.25) is 0 Å². The number of hydrogen-bond donors (Lipinski definition) is 0. The van der Waals surface area contributed by atoms with Crippen LogP contribution in [-0.4, -0.2) is 31.4 Å². The van der Waals surface area contributed by atoms with Gasteiger partial charge in [0.05, 0.1) is 23.9 Å². The fourth-order valence-electron chi connectivity index (χ4n) is 3.28. The van der Waals surface area contributed by atoms with Crippen LogP contribution in [0.25, 0.3) is 0 Å². The average Bonchev–Trinajstić information content (AvgIpc) is 2.71. The molecule has 0 radical (unpaired) electrons. The maximum atomic E-state index is 12.7. The third-order valence-electron chi connectivity index (χ3n) is 5.69. The van der Waals surface area contributed by atoms with Crippen molar-refractivity contribution in [3.8, 4) is 0 Å². The number of ether oxygens (including phenoxy) is 1. The molecule has 0 bridgehead atoms. The lowest BCUT2D eigenvalue weighted by atomic mass is 9.69. The molecule has 0 aliphatic carbocycles. The van der Waals surface area contributed by atoms with Crippen molar-refractivity contribution in [2.45, 2.75) is 91.3 Å². The summed E-state index contributed by atoms with van der Waals surface area (Å²) in [7, 11) is 0.965. The van der Waals surface area contributed by atoms with Gasteiger partial charge in [0.25, 0.3) is 0 Å². The molecule has 1 aliphatic rings. The summed E-state index contributed by atoms with van der Waals surface area (Å²) in [4.78, 5) is 12.7. The van der Waals surface area contributed by atoms with Crippen molar-refractivity contribution >= 4 is 18.6 Å². The zero-order valence-corrected chi connectivity index (χ0v) is 18.9. The van der Waals surface area contributed by atoms with E-state index < -0.39 is 18.3 Å². The van der Waals surface area contributed by atoms with Crippen LogP contribution in [0.5, 0.6) is 0 Å². The molecule has 4 nitrogen and oxygen atoms in total. The standard InChI is InChI=1S/C22H35BO4/c1-19(2,3)15-12-14(23-26-21(7,8)22(9,10)27-23)13-16(20(4,5)6)17(15)18(24)25-11/h12-13H,1-11H3. The molecule has 1 fully saturated rings. The van der Waals surface area contributed by atoms with E-state index in [1.165, 1.54) is 7.11 Å². The van der Waals surface area contributed by atoms with Gasteiger partial charge in [-0.3, -0.25) is 0 Å². The van der Waals surface area contributed by atoms with E-state index in [1.807, 2.05) is 39.8 Å². The van der Waals surface area contributed by atoms with E-state index in [1.54, 1.807) is 0 Å². The van der Waals surface area contributed by atoms with Crippen molar-refractivity contribution in [1.29, 1.82) is 0 Å². The summed E-state index contributed by atoms with van der Waals surface area (Å²) in [5, 5.41) is 0. The maximum absolute atomic E-state index is 12.7. The molecule has 0 amide bonds. The third-order valence-corrected chi connectivity index (χ3v) is 5.69. The van der Waals surface area contributed by atoms with E-state index in [-0.39, 0.29) is 16.8 Å². The fraction of sp³-hybridized carbons (Fsp3) is 0.682. The van der Waals surface area contributed by atoms with Gasteiger partial charge in [-0.05, 0) is 55.1 Å². The van der Waals surface area contributed by atoms with E-state index in [2.05, 4.69) is 41.5 Å². The molecular formula is C22H35BO4. The second-order valence-corrected chi connectivity index (χ2v) is 10.6. The van der Waals surface area contributed by atoms with Crippen LogP contribution in [0.1, 0.15) is 90.7 Å². The summed E-state index contributed by atoms with van der Waals surface area (Å²) >= 11 is 0. The monoisotopic (exact) mass is 374 g/mol. The van der Waals surface area contributed by atoms with Crippen LogP contribution in [0.3, 0.4) is 0 Å².